The molecule has 0 heterocycles. The van der Waals surface area contributed by atoms with E-state index in [1.165, 1.54) is 7.11 Å². The zero-order chi connectivity index (χ0) is 16.0. The molecule has 116 valence electrons. The Morgan fingerprint density at radius 2 is 1.86 bits per heavy atom. The Morgan fingerprint density at radius 1 is 1.29 bits per heavy atom. The molecule has 0 saturated heterocycles. The number of hydrogen-bond acceptors (Lipinski definition) is 5. The Kier molecular flexibility index (Phi) is 6.17. The van der Waals surface area contributed by atoms with Crippen molar-refractivity contribution in [1.82, 2.24) is 5.32 Å². The summed E-state index contributed by atoms with van der Waals surface area (Å²) in [6.45, 7) is 5.54. The van der Waals surface area contributed by atoms with Gasteiger partial charge < -0.3 is 19.9 Å². The lowest BCUT2D eigenvalue weighted by Crippen LogP contribution is -2.41. The van der Waals surface area contributed by atoms with Gasteiger partial charge >= 0.3 is 12.1 Å². The van der Waals surface area contributed by atoms with Crippen molar-refractivity contribution in [2.75, 3.05) is 13.7 Å². The maximum absolute atomic E-state index is 11.7. The van der Waals surface area contributed by atoms with Crippen molar-refractivity contribution in [1.29, 1.82) is 0 Å². The minimum atomic E-state index is -1.51. The number of rotatable bonds is 5. The third-order valence-corrected chi connectivity index (χ3v) is 3.16. The molecule has 1 amide bonds. The Bertz CT molecular complexity index is 495. The number of aliphatic hydroxyl groups is 1. The van der Waals surface area contributed by atoms with Gasteiger partial charge in [0, 0.05) is 0 Å². The lowest BCUT2D eigenvalue weighted by molar-refractivity contribution is -0.152. The average molecular weight is 295 g/mol. The Labute approximate surface area is 124 Å². The molecular weight excluding hydrogens is 274 g/mol. The summed E-state index contributed by atoms with van der Waals surface area (Å²) in [4.78, 5) is 23.3. The Morgan fingerprint density at radius 3 is 2.33 bits per heavy atom. The minimum absolute atomic E-state index is 0.194. The van der Waals surface area contributed by atoms with Crippen LogP contribution >= 0.6 is 0 Å². The number of methoxy groups -OCH3 is 1. The first kappa shape index (κ1) is 17.0. The predicted molar refractivity (Wildman–Crippen MR) is 76.8 cm³/mol. The van der Waals surface area contributed by atoms with E-state index >= 15 is 0 Å². The van der Waals surface area contributed by atoms with Crippen LogP contribution in [-0.2, 0) is 14.3 Å². The number of ether oxygens (including phenoxy) is 2. The van der Waals surface area contributed by atoms with Crippen LogP contribution < -0.4 is 5.32 Å². The van der Waals surface area contributed by atoms with E-state index in [1.807, 2.05) is 32.0 Å². The first-order valence-electron chi connectivity index (χ1n) is 6.67. The maximum Gasteiger partial charge on any atom is 0.407 e. The number of benzene rings is 1. The van der Waals surface area contributed by atoms with Gasteiger partial charge in [0.15, 0.2) is 6.10 Å². The van der Waals surface area contributed by atoms with E-state index in [-0.39, 0.29) is 6.61 Å². The number of aryl methyl sites for hydroxylation is 2. The number of hydrogen-bond donors (Lipinski definition) is 2. The highest BCUT2D eigenvalue weighted by molar-refractivity contribution is 5.77. The molecule has 0 aliphatic rings. The molecule has 1 rings (SSSR count). The number of alkyl carbamates (subject to hydrolysis) is 1. The quantitative estimate of drug-likeness (QED) is 0.806. The summed E-state index contributed by atoms with van der Waals surface area (Å²) >= 11 is 0. The molecule has 0 aliphatic heterocycles. The molecule has 2 atom stereocenters. The number of esters is 1. The van der Waals surface area contributed by atoms with Gasteiger partial charge in [0.25, 0.3) is 0 Å². The molecule has 1 aromatic carbocycles. The van der Waals surface area contributed by atoms with Crippen LogP contribution in [-0.4, -0.2) is 37.0 Å². The topological polar surface area (TPSA) is 84.9 Å². The third kappa shape index (κ3) is 4.19. The lowest BCUT2D eigenvalue weighted by Gasteiger charge is -2.25. The number of carbonyl (C=O) groups excluding carboxylic acids is 2. The summed E-state index contributed by atoms with van der Waals surface area (Å²) in [5, 5.41) is 12.7. The minimum Gasteiger partial charge on any atom is -0.467 e. The number of amides is 1. The zero-order valence-electron chi connectivity index (χ0n) is 12.7. The Hall–Kier alpha value is -2.08. The zero-order valence-corrected chi connectivity index (χ0v) is 12.7. The molecule has 0 unspecified atom stereocenters. The lowest BCUT2D eigenvalue weighted by atomic mass is 9.92. The fourth-order valence-corrected chi connectivity index (χ4v) is 2.18. The molecule has 6 heteroatoms. The van der Waals surface area contributed by atoms with Gasteiger partial charge in [-0.2, -0.15) is 0 Å². The van der Waals surface area contributed by atoms with Gasteiger partial charge in [-0.3, -0.25) is 0 Å². The third-order valence-electron chi connectivity index (χ3n) is 3.16. The fraction of sp³-hybridized carbons (Fsp3) is 0.467. The van der Waals surface area contributed by atoms with Gasteiger partial charge in [0.05, 0.1) is 19.8 Å². The fourth-order valence-electron chi connectivity index (χ4n) is 2.18. The SMILES string of the molecule is CCOC(=O)N[C@@H](c1c(C)cccc1C)[C@@H](O)C(=O)OC. The summed E-state index contributed by atoms with van der Waals surface area (Å²) in [6.07, 6.45) is -2.22. The number of carbonyl (C=O) groups is 2. The summed E-state index contributed by atoms with van der Waals surface area (Å²) < 4.78 is 9.38. The number of nitrogens with one attached hydrogen (secondary N) is 1. The largest absolute Gasteiger partial charge is 0.467 e. The van der Waals surface area contributed by atoms with Crippen LogP contribution in [0.25, 0.3) is 0 Å². The molecule has 0 bridgehead atoms. The normalized spacial score (nSPS) is 13.2. The van der Waals surface area contributed by atoms with Crippen LogP contribution in [0.2, 0.25) is 0 Å². The Balaban J connectivity index is 3.18. The van der Waals surface area contributed by atoms with Crippen LogP contribution in [0, 0.1) is 13.8 Å². The molecular formula is C15H21NO5. The molecule has 1 aromatic rings. The van der Waals surface area contributed by atoms with E-state index in [0.717, 1.165) is 11.1 Å². The van der Waals surface area contributed by atoms with Crippen LogP contribution in [0.1, 0.15) is 29.7 Å². The molecule has 0 saturated carbocycles. The van der Waals surface area contributed by atoms with E-state index < -0.39 is 24.2 Å². The van der Waals surface area contributed by atoms with Crippen molar-refractivity contribution in [2.45, 2.75) is 32.9 Å². The summed E-state index contributed by atoms with van der Waals surface area (Å²) in [5.74, 6) is -0.820. The molecule has 0 spiro atoms. The van der Waals surface area contributed by atoms with E-state index in [2.05, 4.69) is 10.1 Å². The predicted octanol–water partition coefficient (Wildman–Crippen LogP) is 1.62. The maximum atomic E-state index is 11.7. The average Bonchev–Trinajstić information content (AvgIpc) is 2.44. The molecule has 0 radical (unpaired) electrons. The van der Waals surface area contributed by atoms with E-state index in [4.69, 9.17) is 4.74 Å². The van der Waals surface area contributed by atoms with E-state index in [0.29, 0.717) is 5.56 Å². The number of aliphatic hydroxyl groups excluding tert-OH is 1. The molecule has 0 aromatic heterocycles. The molecule has 0 fully saturated rings. The van der Waals surface area contributed by atoms with Crippen LogP contribution in [0.5, 0.6) is 0 Å². The molecule has 21 heavy (non-hydrogen) atoms. The summed E-state index contributed by atoms with van der Waals surface area (Å²) in [7, 11) is 1.18. The van der Waals surface area contributed by atoms with Crippen molar-refractivity contribution in [3.63, 3.8) is 0 Å². The van der Waals surface area contributed by atoms with Crippen molar-refractivity contribution in [3.8, 4) is 0 Å². The highest BCUT2D eigenvalue weighted by atomic mass is 16.6. The van der Waals surface area contributed by atoms with E-state index in [9.17, 15) is 14.7 Å². The van der Waals surface area contributed by atoms with Crippen LogP contribution in [0.15, 0.2) is 18.2 Å². The molecule has 0 aliphatic carbocycles. The first-order chi connectivity index (χ1) is 9.92. The van der Waals surface area contributed by atoms with Gasteiger partial charge in [-0.15, -0.1) is 0 Å². The first-order valence-corrected chi connectivity index (χ1v) is 6.67. The van der Waals surface area contributed by atoms with Crippen molar-refractivity contribution >= 4 is 12.1 Å². The highest BCUT2D eigenvalue weighted by Crippen LogP contribution is 2.25. The van der Waals surface area contributed by atoms with Crippen molar-refractivity contribution < 1.29 is 24.2 Å². The van der Waals surface area contributed by atoms with E-state index in [1.54, 1.807) is 6.92 Å². The monoisotopic (exact) mass is 295 g/mol. The second kappa shape index (κ2) is 7.64. The standard InChI is InChI=1S/C15H21NO5/c1-5-21-15(19)16-12(13(17)14(18)20-4)11-9(2)7-6-8-10(11)3/h6-8,12-13,17H,5H2,1-4H3,(H,16,19)/t12-,13+/m0/s1. The summed E-state index contributed by atoms with van der Waals surface area (Å²) in [5.41, 5.74) is 2.36. The second-order valence-corrected chi connectivity index (χ2v) is 4.62. The summed E-state index contributed by atoms with van der Waals surface area (Å²) in [6, 6.07) is 4.61. The smallest absolute Gasteiger partial charge is 0.407 e. The van der Waals surface area contributed by atoms with Crippen molar-refractivity contribution in [3.05, 3.63) is 34.9 Å². The highest BCUT2D eigenvalue weighted by Gasteiger charge is 2.32. The van der Waals surface area contributed by atoms with Gasteiger partial charge in [-0.25, -0.2) is 9.59 Å². The van der Waals surface area contributed by atoms with Crippen molar-refractivity contribution in [2.24, 2.45) is 0 Å². The molecule has 2 N–H and O–H groups in total. The van der Waals surface area contributed by atoms with Gasteiger partial charge in [0.1, 0.15) is 0 Å². The second-order valence-electron chi connectivity index (χ2n) is 4.62. The van der Waals surface area contributed by atoms with Crippen LogP contribution in [0.3, 0.4) is 0 Å². The molecule has 6 nitrogen and oxygen atoms in total. The van der Waals surface area contributed by atoms with Crippen LogP contribution in [0.4, 0.5) is 4.79 Å². The van der Waals surface area contributed by atoms with Gasteiger partial charge in [0.2, 0.25) is 0 Å². The van der Waals surface area contributed by atoms with Gasteiger partial charge in [-0.1, -0.05) is 18.2 Å². The van der Waals surface area contributed by atoms with Gasteiger partial charge in [-0.05, 0) is 37.5 Å².